The number of nitrogens with one attached hydrogen (secondary N) is 1. The molecule has 1 aromatic heterocycles. The van der Waals surface area contributed by atoms with Gasteiger partial charge in [-0.3, -0.25) is 4.72 Å². The van der Waals surface area contributed by atoms with Crippen molar-refractivity contribution in [2.45, 2.75) is 4.90 Å². The Morgan fingerprint density at radius 1 is 1.33 bits per heavy atom. The molecular formula is C12H9BrClN3O2S2. The molecule has 0 unspecified atom stereocenters. The van der Waals surface area contributed by atoms with Crippen LogP contribution >= 0.6 is 39.7 Å². The number of nitrogens with two attached hydrogens (primary N) is 1. The van der Waals surface area contributed by atoms with Gasteiger partial charge in [-0.15, -0.1) is 0 Å². The average molecular weight is 407 g/mol. The van der Waals surface area contributed by atoms with E-state index in [0.29, 0.717) is 5.56 Å². The molecule has 0 radical (unpaired) electrons. The monoisotopic (exact) mass is 405 g/mol. The molecule has 0 spiro atoms. The van der Waals surface area contributed by atoms with Crippen LogP contribution in [-0.2, 0) is 10.0 Å². The van der Waals surface area contributed by atoms with Gasteiger partial charge in [-0.1, -0.05) is 23.8 Å². The Bertz CT molecular complexity index is 795. The summed E-state index contributed by atoms with van der Waals surface area (Å²) in [7, 11) is -3.79. The number of sulfonamides is 1. The largest absolute Gasteiger partial charge is 0.389 e. The second-order valence-corrected chi connectivity index (χ2v) is 7.42. The molecule has 0 fully saturated rings. The summed E-state index contributed by atoms with van der Waals surface area (Å²) in [5.41, 5.74) is 5.90. The predicted molar refractivity (Wildman–Crippen MR) is 90.1 cm³/mol. The minimum atomic E-state index is -3.79. The van der Waals surface area contributed by atoms with E-state index in [4.69, 9.17) is 29.6 Å². The molecule has 0 amide bonds. The normalized spacial score (nSPS) is 11.1. The minimum absolute atomic E-state index is 0.00258. The third-order valence-corrected chi connectivity index (χ3v) is 4.84. The maximum absolute atomic E-state index is 12.2. The molecular weight excluding hydrogens is 398 g/mol. The summed E-state index contributed by atoms with van der Waals surface area (Å²) >= 11 is 14.0. The first kappa shape index (κ1) is 16.2. The highest BCUT2D eigenvalue weighted by Gasteiger charge is 2.17. The van der Waals surface area contributed by atoms with Gasteiger partial charge in [0.25, 0.3) is 10.0 Å². The second-order valence-electron chi connectivity index (χ2n) is 3.97. The van der Waals surface area contributed by atoms with Gasteiger partial charge >= 0.3 is 0 Å². The van der Waals surface area contributed by atoms with Gasteiger partial charge in [0, 0.05) is 16.2 Å². The zero-order chi connectivity index (χ0) is 15.6. The number of aromatic nitrogens is 1. The minimum Gasteiger partial charge on any atom is -0.389 e. The molecule has 0 saturated carbocycles. The second kappa shape index (κ2) is 6.27. The Labute approximate surface area is 140 Å². The first-order valence-corrected chi connectivity index (χ1v) is 8.59. The standard InChI is InChI=1S/C12H9BrClN3O2S2/c13-7-1-4-11(16-6-7)17-21(18,19)8-2-3-9(12(15)20)10(14)5-8/h1-6H,(H2,15,20)(H,16,17). The van der Waals surface area contributed by atoms with E-state index >= 15 is 0 Å². The van der Waals surface area contributed by atoms with E-state index in [9.17, 15) is 8.42 Å². The molecule has 21 heavy (non-hydrogen) atoms. The summed E-state index contributed by atoms with van der Waals surface area (Å²) < 4.78 is 27.6. The van der Waals surface area contributed by atoms with Crippen molar-refractivity contribution in [2.24, 2.45) is 5.73 Å². The highest BCUT2D eigenvalue weighted by Crippen LogP contribution is 2.22. The maximum Gasteiger partial charge on any atom is 0.263 e. The first-order chi connectivity index (χ1) is 9.79. The SMILES string of the molecule is NC(=S)c1ccc(S(=O)(=O)Nc2ccc(Br)cn2)cc1Cl. The number of nitrogens with zero attached hydrogens (tertiary/aromatic N) is 1. The van der Waals surface area contributed by atoms with Gasteiger partial charge < -0.3 is 5.73 Å². The van der Waals surface area contributed by atoms with Gasteiger partial charge in [-0.2, -0.15) is 0 Å². The quantitative estimate of drug-likeness (QED) is 0.763. The summed E-state index contributed by atoms with van der Waals surface area (Å²) in [6.07, 6.45) is 1.49. The lowest BCUT2D eigenvalue weighted by atomic mass is 10.2. The van der Waals surface area contributed by atoms with Crippen molar-refractivity contribution in [1.82, 2.24) is 4.98 Å². The Morgan fingerprint density at radius 3 is 2.57 bits per heavy atom. The van der Waals surface area contributed by atoms with Crippen LogP contribution in [-0.4, -0.2) is 18.4 Å². The van der Waals surface area contributed by atoms with E-state index in [-0.39, 0.29) is 20.7 Å². The van der Waals surface area contributed by atoms with E-state index in [1.807, 2.05) is 0 Å². The third-order valence-electron chi connectivity index (χ3n) is 2.48. The van der Waals surface area contributed by atoms with Gasteiger partial charge in [0.15, 0.2) is 0 Å². The van der Waals surface area contributed by atoms with Crippen LogP contribution in [0.5, 0.6) is 0 Å². The smallest absolute Gasteiger partial charge is 0.263 e. The molecule has 0 saturated heterocycles. The summed E-state index contributed by atoms with van der Waals surface area (Å²) in [6.45, 7) is 0. The van der Waals surface area contributed by atoms with Crippen LogP contribution in [0.25, 0.3) is 0 Å². The van der Waals surface area contributed by atoms with Crippen LogP contribution < -0.4 is 10.5 Å². The number of halogens is 2. The number of rotatable bonds is 4. The Balaban J connectivity index is 2.33. The summed E-state index contributed by atoms with van der Waals surface area (Å²) in [5, 5.41) is 0.175. The topological polar surface area (TPSA) is 85.1 Å². The number of thiocarbonyl (C=S) groups is 1. The molecule has 0 aliphatic carbocycles. The molecule has 3 N–H and O–H groups in total. The molecule has 2 rings (SSSR count). The summed E-state index contributed by atoms with van der Waals surface area (Å²) in [5.74, 6) is 0.202. The van der Waals surface area contributed by atoms with E-state index in [0.717, 1.165) is 4.47 Å². The Morgan fingerprint density at radius 2 is 2.05 bits per heavy atom. The number of pyridine rings is 1. The van der Waals surface area contributed by atoms with Gasteiger partial charge in [0.05, 0.1) is 9.92 Å². The molecule has 110 valence electrons. The highest BCUT2D eigenvalue weighted by atomic mass is 79.9. The molecule has 0 aliphatic heterocycles. The molecule has 2 aromatic rings. The van der Waals surface area contributed by atoms with Crippen LogP contribution in [0.4, 0.5) is 5.82 Å². The van der Waals surface area contributed by atoms with Crippen LogP contribution in [0.1, 0.15) is 5.56 Å². The number of hydrogen-bond acceptors (Lipinski definition) is 4. The van der Waals surface area contributed by atoms with Crippen molar-refractivity contribution in [3.8, 4) is 0 Å². The van der Waals surface area contributed by atoms with E-state index in [1.165, 1.54) is 30.5 Å². The molecule has 0 bridgehead atoms. The van der Waals surface area contributed by atoms with Crippen molar-refractivity contribution in [3.05, 3.63) is 51.6 Å². The van der Waals surface area contributed by atoms with Gasteiger partial charge in [-0.25, -0.2) is 13.4 Å². The fraction of sp³-hybridized carbons (Fsp3) is 0. The van der Waals surface area contributed by atoms with Crippen molar-refractivity contribution in [1.29, 1.82) is 0 Å². The van der Waals surface area contributed by atoms with Crippen LogP contribution in [0.2, 0.25) is 5.02 Å². The molecule has 1 heterocycles. The predicted octanol–water partition coefficient (Wildman–Crippen LogP) is 2.93. The lowest BCUT2D eigenvalue weighted by Gasteiger charge is -2.09. The molecule has 1 aromatic carbocycles. The Kier molecular flexibility index (Phi) is 4.82. The Hall–Kier alpha value is -1.22. The zero-order valence-corrected chi connectivity index (χ0v) is 14.4. The van der Waals surface area contributed by atoms with Crippen molar-refractivity contribution in [3.63, 3.8) is 0 Å². The van der Waals surface area contributed by atoms with E-state index in [1.54, 1.807) is 6.07 Å². The fourth-order valence-corrected chi connectivity index (χ4v) is 3.35. The van der Waals surface area contributed by atoms with E-state index in [2.05, 4.69) is 25.6 Å². The van der Waals surface area contributed by atoms with Crippen molar-refractivity contribution >= 4 is 60.6 Å². The maximum atomic E-state index is 12.2. The third kappa shape index (κ3) is 3.91. The molecule has 0 aliphatic rings. The van der Waals surface area contributed by atoms with E-state index < -0.39 is 10.0 Å². The lowest BCUT2D eigenvalue weighted by molar-refractivity contribution is 0.601. The first-order valence-electron chi connectivity index (χ1n) is 5.53. The highest BCUT2D eigenvalue weighted by molar-refractivity contribution is 9.10. The van der Waals surface area contributed by atoms with Gasteiger partial charge in [-0.05, 0) is 46.3 Å². The van der Waals surface area contributed by atoms with Crippen LogP contribution in [0.15, 0.2) is 45.9 Å². The van der Waals surface area contributed by atoms with Crippen LogP contribution in [0.3, 0.4) is 0 Å². The summed E-state index contributed by atoms with van der Waals surface area (Å²) in [4.78, 5) is 4.05. The number of anilines is 1. The van der Waals surface area contributed by atoms with Crippen molar-refractivity contribution < 1.29 is 8.42 Å². The summed E-state index contributed by atoms with van der Waals surface area (Å²) in [6, 6.07) is 7.34. The van der Waals surface area contributed by atoms with Gasteiger partial charge in [0.2, 0.25) is 0 Å². The average Bonchev–Trinajstić information content (AvgIpc) is 2.40. The fourth-order valence-electron chi connectivity index (χ4n) is 1.50. The molecule has 5 nitrogen and oxygen atoms in total. The number of benzene rings is 1. The van der Waals surface area contributed by atoms with Crippen LogP contribution in [0, 0.1) is 0 Å². The molecule has 9 heteroatoms. The molecule has 0 atom stereocenters. The van der Waals surface area contributed by atoms with Gasteiger partial charge in [0.1, 0.15) is 10.8 Å². The zero-order valence-electron chi connectivity index (χ0n) is 10.4. The van der Waals surface area contributed by atoms with Crippen molar-refractivity contribution in [2.75, 3.05) is 4.72 Å². The number of hydrogen-bond donors (Lipinski definition) is 2. The lowest BCUT2D eigenvalue weighted by Crippen LogP contribution is -2.15.